The summed E-state index contributed by atoms with van der Waals surface area (Å²) < 4.78 is 9.53. The number of halogens is 1. The number of anilines is 1. The zero-order valence-corrected chi connectivity index (χ0v) is 10.3. The highest BCUT2D eigenvalue weighted by Crippen LogP contribution is 2.20. The molecular weight excluding hydrogens is 270 g/mol. The Morgan fingerprint density at radius 1 is 1.11 bits per heavy atom. The summed E-state index contributed by atoms with van der Waals surface area (Å²) in [6.07, 6.45) is 0.520. The maximum atomic E-state index is 5.81. The van der Waals surface area contributed by atoms with E-state index in [1.807, 2.05) is 12.1 Å². The van der Waals surface area contributed by atoms with Crippen molar-refractivity contribution in [1.82, 2.24) is 20.5 Å². The normalized spacial score (nSPS) is 10.8. The van der Waals surface area contributed by atoms with E-state index in [0.29, 0.717) is 17.3 Å². The molecule has 0 saturated carbocycles. The maximum absolute atomic E-state index is 5.81. The van der Waals surface area contributed by atoms with Gasteiger partial charge in [0.1, 0.15) is 0 Å². The summed E-state index contributed by atoms with van der Waals surface area (Å²) in [6, 6.07) is 7.39. The molecule has 0 spiro atoms. The molecule has 0 atom stereocenters. The van der Waals surface area contributed by atoms with E-state index >= 15 is 0 Å². The van der Waals surface area contributed by atoms with Crippen LogP contribution in [0.3, 0.4) is 0 Å². The molecule has 0 saturated heterocycles. The number of nitrogen functional groups attached to an aromatic ring is 1. The molecule has 96 valence electrons. The SMILES string of the molecule is Nc1nonc1-c1nc(Cc2ccc(Cl)cc2)no1. The van der Waals surface area contributed by atoms with Crippen molar-refractivity contribution in [2.24, 2.45) is 0 Å². The fraction of sp³-hybridized carbons (Fsp3) is 0.0909. The molecule has 0 amide bonds. The molecule has 2 N–H and O–H groups in total. The van der Waals surface area contributed by atoms with Crippen molar-refractivity contribution in [3.8, 4) is 11.6 Å². The Kier molecular flexibility index (Phi) is 2.88. The highest BCUT2D eigenvalue weighted by Gasteiger charge is 2.17. The lowest BCUT2D eigenvalue weighted by atomic mass is 10.1. The molecule has 0 aliphatic rings. The van der Waals surface area contributed by atoms with Crippen molar-refractivity contribution in [3.05, 3.63) is 40.7 Å². The van der Waals surface area contributed by atoms with Crippen molar-refractivity contribution in [2.45, 2.75) is 6.42 Å². The molecule has 2 aromatic heterocycles. The highest BCUT2D eigenvalue weighted by atomic mass is 35.5. The van der Waals surface area contributed by atoms with Crippen LogP contribution in [0.4, 0.5) is 5.82 Å². The second-order valence-corrected chi connectivity index (χ2v) is 4.25. The Hall–Kier alpha value is -2.41. The Labute approximate surface area is 112 Å². The van der Waals surface area contributed by atoms with Crippen LogP contribution < -0.4 is 5.73 Å². The fourth-order valence-corrected chi connectivity index (χ4v) is 1.68. The van der Waals surface area contributed by atoms with Crippen molar-refractivity contribution in [2.75, 3.05) is 5.73 Å². The van der Waals surface area contributed by atoms with Crippen LogP contribution in [-0.4, -0.2) is 20.5 Å². The van der Waals surface area contributed by atoms with Gasteiger partial charge in [0.25, 0.3) is 5.89 Å². The maximum Gasteiger partial charge on any atom is 0.284 e. The lowest BCUT2D eigenvalue weighted by molar-refractivity contribution is 0.308. The van der Waals surface area contributed by atoms with E-state index in [-0.39, 0.29) is 17.4 Å². The van der Waals surface area contributed by atoms with Crippen molar-refractivity contribution < 1.29 is 9.15 Å². The van der Waals surface area contributed by atoms with Gasteiger partial charge in [-0.2, -0.15) is 4.98 Å². The van der Waals surface area contributed by atoms with Gasteiger partial charge in [-0.15, -0.1) is 0 Å². The molecule has 8 heteroatoms. The molecule has 0 aliphatic carbocycles. The van der Waals surface area contributed by atoms with Crippen LogP contribution >= 0.6 is 11.6 Å². The summed E-state index contributed by atoms with van der Waals surface area (Å²) >= 11 is 5.81. The predicted molar refractivity (Wildman–Crippen MR) is 66.3 cm³/mol. The van der Waals surface area contributed by atoms with Gasteiger partial charge < -0.3 is 10.3 Å². The van der Waals surface area contributed by atoms with Crippen LogP contribution in [0.25, 0.3) is 11.6 Å². The number of hydrogen-bond donors (Lipinski definition) is 1. The second-order valence-electron chi connectivity index (χ2n) is 3.82. The summed E-state index contributed by atoms with van der Waals surface area (Å²) in [5.41, 5.74) is 6.80. The number of aromatic nitrogens is 4. The smallest absolute Gasteiger partial charge is 0.284 e. The van der Waals surface area contributed by atoms with Crippen LogP contribution in [-0.2, 0) is 6.42 Å². The van der Waals surface area contributed by atoms with Crippen molar-refractivity contribution in [3.63, 3.8) is 0 Å². The molecule has 3 aromatic rings. The molecule has 0 radical (unpaired) electrons. The average Bonchev–Trinajstić information content (AvgIpc) is 3.01. The lowest BCUT2D eigenvalue weighted by Gasteiger charge is -1.95. The van der Waals surface area contributed by atoms with Gasteiger partial charge in [0.2, 0.25) is 11.5 Å². The Morgan fingerprint density at radius 2 is 1.89 bits per heavy atom. The zero-order chi connectivity index (χ0) is 13.2. The number of nitrogens with two attached hydrogens (primary N) is 1. The molecule has 2 heterocycles. The van der Waals surface area contributed by atoms with Crippen LogP contribution in [0.15, 0.2) is 33.4 Å². The van der Waals surface area contributed by atoms with Crippen LogP contribution in [0, 0.1) is 0 Å². The molecule has 19 heavy (non-hydrogen) atoms. The molecule has 1 aromatic carbocycles. The van der Waals surface area contributed by atoms with E-state index in [1.165, 1.54) is 0 Å². The summed E-state index contributed by atoms with van der Waals surface area (Å²) in [7, 11) is 0. The standard InChI is InChI=1S/C11H8ClN5O2/c12-7-3-1-6(2-4-7)5-8-14-11(18-15-8)9-10(13)17-19-16-9/h1-4H,5H2,(H2,13,17). The van der Waals surface area contributed by atoms with Crippen molar-refractivity contribution in [1.29, 1.82) is 0 Å². The Morgan fingerprint density at radius 3 is 2.58 bits per heavy atom. The van der Waals surface area contributed by atoms with Crippen LogP contribution in [0.2, 0.25) is 5.02 Å². The lowest BCUT2D eigenvalue weighted by Crippen LogP contribution is -1.91. The largest absolute Gasteiger partial charge is 0.379 e. The second kappa shape index (κ2) is 4.69. The molecular formula is C11H8ClN5O2. The van der Waals surface area contributed by atoms with Gasteiger partial charge in [0.15, 0.2) is 5.82 Å². The van der Waals surface area contributed by atoms with E-state index in [9.17, 15) is 0 Å². The minimum absolute atomic E-state index is 0.113. The molecule has 0 fully saturated rings. The molecule has 0 unspecified atom stereocenters. The average molecular weight is 278 g/mol. The first-order chi connectivity index (χ1) is 9.22. The van der Waals surface area contributed by atoms with Crippen LogP contribution in [0.1, 0.15) is 11.4 Å². The van der Waals surface area contributed by atoms with Gasteiger partial charge in [-0.05, 0) is 28.0 Å². The Balaban J connectivity index is 1.82. The molecule has 7 nitrogen and oxygen atoms in total. The Bertz CT molecular complexity index is 691. The first-order valence-corrected chi connectivity index (χ1v) is 5.75. The third-order valence-corrected chi connectivity index (χ3v) is 2.71. The summed E-state index contributed by atoms with van der Waals surface area (Å²) in [4.78, 5) is 4.18. The van der Waals surface area contributed by atoms with Gasteiger partial charge >= 0.3 is 0 Å². The first kappa shape index (κ1) is 11.7. The summed E-state index contributed by atoms with van der Waals surface area (Å²) in [5.74, 6) is 0.809. The minimum Gasteiger partial charge on any atom is -0.379 e. The number of nitrogens with zero attached hydrogens (tertiary/aromatic N) is 4. The van der Waals surface area contributed by atoms with E-state index < -0.39 is 0 Å². The number of benzene rings is 1. The molecule has 3 rings (SSSR count). The quantitative estimate of drug-likeness (QED) is 0.780. The zero-order valence-electron chi connectivity index (χ0n) is 9.58. The minimum atomic E-state index is 0.113. The van der Waals surface area contributed by atoms with Crippen molar-refractivity contribution >= 4 is 17.4 Å². The first-order valence-electron chi connectivity index (χ1n) is 5.38. The van der Waals surface area contributed by atoms with Gasteiger partial charge in [0.05, 0.1) is 0 Å². The number of hydrogen-bond acceptors (Lipinski definition) is 7. The monoisotopic (exact) mass is 277 g/mol. The molecule has 0 bridgehead atoms. The van der Waals surface area contributed by atoms with Crippen LogP contribution in [0.5, 0.6) is 0 Å². The van der Waals surface area contributed by atoms with Gasteiger partial charge in [-0.1, -0.05) is 28.9 Å². The van der Waals surface area contributed by atoms with E-state index in [1.54, 1.807) is 12.1 Å². The summed E-state index contributed by atoms with van der Waals surface area (Å²) in [5, 5.41) is 11.6. The number of rotatable bonds is 3. The summed E-state index contributed by atoms with van der Waals surface area (Å²) in [6.45, 7) is 0. The predicted octanol–water partition coefficient (Wildman–Crippen LogP) is 1.95. The van der Waals surface area contributed by atoms with Gasteiger partial charge in [-0.25, -0.2) is 4.63 Å². The molecule has 0 aliphatic heterocycles. The van der Waals surface area contributed by atoms with E-state index in [0.717, 1.165) is 5.56 Å². The highest BCUT2D eigenvalue weighted by molar-refractivity contribution is 6.30. The fourth-order valence-electron chi connectivity index (χ4n) is 1.55. The topological polar surface area (TPSA) is 104 Å². The third-order valence-electron chi connectivity index (χ3n) is 2.46. The van der Waals surface area contributed by atoms with Gasteiger partial charge in [0, 0.05) is 11.4 Å². The van der Waals surface area contributed by atoms with Gasteiger partial charge in [-0.3, -0.25) is 0 Å². The van der Waals surface area contributed by atoms with E-state index in [4.69, 9.17) is 21.9 Å². The van der Waals surface area contributed by atoms with E-state index in [2.05, 4.69) is 25.1 Å². The third kappa shape index (κ3) is 2.41.